The van der Waals surface area contributed by atoms with Gasteiger partial charge in [-0.3, -0.25) is 0 Å². The first-order valence-corrected chi connectivity index (χ1v) is 3.88. The van der Waals surface area contributed by atoms with Crippen LogP contribution in [-0.2, 0) is 0 Å². The smallest absolute Gasteiger partial charge is 0.0449 e. The first-order valence-electron chi connectivity index (χ1n) is 3.88. The van der Waals surface area contributed by atoms with Gasteiger partial charge < -0.3 is 0 Å². The number of hydrogen-bond acceptors (Lipinski definition) is 3. The molecular weight excluding hydrogens is 126 g/mol. The Morgan fingerprint density at radius 2 is 2.50 bits per heavy atom. The van der Waals surface area contributed by atoms with E-state index in [2.05, 4.69) is 28.1 Å². The SMILES string of the molecule is C1=CC2CCNNN2CC1. The Kier molecular flexibility index (Phi) is 1.71. The lowest BCUT2D eigenvalue weighted by Gasteiger charge is -2.36. The second-order valence-electron chi connectivity index (χ2n) is 2.80. The van der Waals surface area contributed by atoms with Crippen LogP contribution in [0.5, 0.6) is 0 Å². The van der Waals surface area contributed by atoms with Crippen molar-refractivity contribution in [2.45, 2.75) is 18.9 Å². The van der Waals surface area contributed by atoms with Crippen molar-refractivity contribution in [1.29, 1.82) is 0 Å². The largest absolute Gasteiger partial charge is 0.244 e. The van der Waals surface area contributed by atoms with E-state index in [1.54, 1.807) is 0 Å². The molecule has 0 radical (unpaired) electrons. The molecule has 0 bridgehead atoms. The van der Waals surface area contributed by atoms with Crippen LogP contribution < -0.4 is 11.0 Å². The van der Waals surface area contributed by atoms with Crippen LogP contribution >= 0.6 is 0 Å². The van der Waals surface area contributed by atoms with Crippen LogP contribution in [0.15, 0.2) is 12.2 Å². The molecule has 10 heavy (non-hydrogen) atoms. The third-order valence-corrected chi connectivity index (χ3v) is 2.08. The quantitative estimate of drug-likeness (QED) is 0.464. The van der Waals surface area contributed by atoms with Crippen molar-refractivity contribution < 1.29 is 0 Å². The highest BCUT2D eigenvalue weighted by molar-refractivity contribution is 4.99. The van der Waals surface area contributed by atoms with E-state index in [0.717, 1.165) is 13.1 Å². The van der Waals surface area contributed by atoms with E-state index < -0.39 is 0 Å². The molecule has 3 nitrogen and oxygen atoms in total. The van der Waals surface area contributed by atoms with E-state index in [1.165, 1.54) is 12.8 Å². The van der Waals surface area contributed by atoms with Crippen molar-refractivity contribution in [3.63, 3.8) is 0 Å². The Morgan fingerprint density at radius 3 is 3.40 bits per heavy atom. The van der Waals surface area contributed by atoms with Crippen molar-refractivity contribution in [3.8, 4) is 0 Å². The van der Waals surface area contributed by atoms with Gasteiger partial charge in [-0.1, -0.05) is 12.2 Å². The van der Waals surface area contributed by atoms with Gasteiger partial charge >= 0.3 is 0 Å². The monoisotopic (exact) mass is 139 g/mol. The molecule has 1 atom stereocenters. The summed E-state index contributed by atoms with van der Waals surface area (Å²) >= 11 is 0. The van der Waals surface area contributed by atoms with Gasteiger partial charge in [0.25, 0.3) is 0 Å². The molecular formula is C7H13N3. The molecule has 2 aliphatic rings. The van der Waals surface area contributed by atoms with E-state index >= 15 is 0 Å². The molecule has 2 heterocycles. The molecule has 0 aliphatic carbocycles. The highest BCUT2D eigenvalue weighted by atomic mass is 15.7. The average Bonchev–Trinajstić information content (AvgIpc) is 2.05. The average molecular weight is 139 g/mol. The maximum absolute atomic E-state index is 3.15. The van der Waals surface area contributed by atoms with Gasteiger partial charge in [0.15, 0.2) is 0 Å². The molecule has 1 fully saturated rings. The Hall–Kier alpha value is -0.380. The number of nitrogens with one attached hydrogen (secondary N) is 2. The van der Waals surface area contributed by atoms with Gasteiger partial charge in [-0.25, -0.2) is 10.4 Å². The van der Waals surface area contributed by atoms with Crippen molar-refractivity contribution >= 4 is 0 Å². The zero-order chi connectivity index (χ0) is 6.81. The molecule has 0 amide bonds. The Balaban J connectivity index is 2.03. The molecule has 0 saturated carbocycles. The predicted molar refractivity (Wildman–Crippen MR) is 40.0 cm³/mol. The van der Waals surface area contributed by atoms with Gasteiger partial charge in [-0.05, 0) is 12.8 Å². The number of rotatable bonds is 0. The number of nitrogens with zero attached hydrogens (tertiary/aromatic N) is 1. The zero-order valence-corrected chi connectivity index (χ0v) is 6.01. The van der Waals surface area contributed by atoms with Crippen LogP contribution in [0.25, 0.3) is 0 Å². The summed E-state index contributed by atoms with van der Waals surface area (Å²) in [5.74, 6) is 0. The van der Waals surface area contributed by atoms with E-state index in [1.807, 2.05) is 0 Å². The molecule has 2 aliphatic heterocycles. The number of hydrogen-bond donors (Lipinski definition) is 2. The zero-order valence-electron chi connectivity index (χ0n) is 6.01. The highest BCUT2D eigenvalue weighted by Gasteiger charge is 2.20. The first kappa shape index (κ1) is 6.34. The van der Waals surface area contributed by atoms with Crippen molar-refractivity contribution in [1.82, 2.24) is 16.0 Å². The minimum Gasteiger partial charge on any atom is -0.244 e. The summed E-state index contributed by atoms with van der Waals surface area (Å²) < 4.78 is 0. The molecule has 0 aromatic rings. The normalized spacial score (nSPS) is 33.8. The Labute approximate surface area is 61.0 Å². The maximum atomic E-state index is 3.15. The van der Waals surface area contributed by atoms with E-state index in [-0.39, 0.29) is 0 Å². The standard InChI is InChI=1S/C7H13N3/c1-2-6-10-7(3-1)4-5-8-9-10/h1,3,7-9H,2,4-6H2. The summed E-state index contributed by atoms with van der Waals surface area (Å²) in [4.78, 5) is 0. The van der Waals surface area contributed by atoms with Crippen LogP contribution in [0.4, 0.5) is 0 Å². The molecule has 0 aromatic carbocycles. The summed E-state index contributed by atoms with van der Waals surface area (Å²) in [6.45, 7) is 2.21. The van der Waals surface area contributed by atoms with Gasteiger partial charge in [0.2, 0.25) is 0 Å². The van der Waals surface area contributed by atoms with Gasteiger partial charge in [0.1, 0.15) is 0 Å². The second kappa shape index (κ2) is 2.70. The lowest BCUT2D eigenvalue weighted by atomic mass is 10.1. The maximum Gasteiger partial charge on any atom is 0.0449 e. The van der Waals surface area contributed by atoms with Crippen molar-refractivity contribution in [3.05, 3.63) is 12.2 Å². The van der Waals surface area contributed by atoms with Gasteiger partial charge in [-0.2, -0.15) is 5.53 Å². The van der Waals surface area contributed by atoms with Crippen LogP contribution in [0.2, 0.25) is 0 Å². The Bertz CT molecular complexity index is 144. The second-order valence-corrected chi connectivity index (χ2v) is 2.80. The fourth-order valence-corrected chi connectivity index (χ4v) is 1.51. The number of hydrazine groups is 2. The molecule has 3 heteroatoms. The first-order chi connectivity index (χ1) is 4.97. The lowest BCUT2D eigenvalue weighted by molar-refractivity contribution is 0.0755. The third kappa shape index (κ3) is 1.08. The van der Waals surface area contributed by atoms with Gasteiger partial charge in [-0.15, -0.1) is 0 Å². The van der Waals surface area contributed by atoms with Crippen molar-refractivity contribution in [2.24, 2.45) is 0 Å². The fraction of sp³-hybridized carbons (Fsp3) is 0.714. The molecule has 2 rings (SSSR count). The molecule has 56 valence electrons. The van der Waals surface area contributed by atoms with E-state index in [0.29, 0.717) is 6.04 Å². The molecule has 1 saturated heterocycles. The minimum atomic E-state index is 0.634. The summed E-state index contributed by atoms with van der Waals surface area (Å²) in [5, 5.41) is 2.25. The summed E-state index contributed by atoms with van der Waals surface area (Å²) in [5.41, 5.74) is 6.28. The molecule has 2 N–H and O–H groups in total. The highest BCUT2D eigenvalue weighted by Crippen LogP contribution is 2.11. The molecule has 0 aromatic heterocycles. The van der Waals surface area contributed by atoms with Crippen LogP contribution in [0.3, 0.4) is 0 Å². The Morgan fingerprint density at radius 1 is 1.50 bits per heavy atom. The predicted octanol–water partition coefficient (Wildman–Crippen LogP) is 0.0298. The van der Waals surface area contributed by atoms with Crippen LogP contribution in [0, 0.1) is 0 Å². The minimum absolute atomic E-state index is 0.634. The molecule has 1 unspecified atom stereocenters. The van der Waals surface area contributed by atoms with Crippen molar-refractivity contribution in [2.75, 3.05) is 13.1 Å². The van der Waals surface area contributed by atoms with Crippen LogP contribution in [-0.4, -0.2) is 24.1 Å². The summed E-state index contributed by atoms with van der Waals surface area (Å²) in [6, 6.07) is 0.634. The molecule has 0 spiro atoms. The third-order valence-electron chi connectivity index (χ3n) is 2.08. The van der Waals surface area contributed by atoms with Gasteiger partial charge in [0.05, 0.1) is 0 Å². The van der Waals surface area contributed by atoms with E-state index in [9.17, 15) is 0 Å². The topological polar surface area (TPSA) is 27.3 Å². The summed E-state index contributed by atoms with van der Waals surface area (Å²) in [6.07, 6.45) is 6.96. The fourth-order valence-electron chi connectivity index (χ4n) is 1.51. The van der Waals surface area contributed by atoms with E-state index in [4.69, 9.17) is 0 Å². The lowest BCUT2D eigenvalue weighted by Crippen LogP contribution is -2.58. The van der Waals surface area contributed by atoms with Crippen LogP contribution in [0.1, 0.15) is 12.8 Å². The summed E-state index contributed by atoms with van der Waals surface area (Å²) in [7, 11) is 0. The van der Waals surface area contributed by atoms with Gasteiger partial charge in [0, 0.05) is 19.1 Å². The number of fused-ring (bicyclic) bond motifs is 1.